The van der Waals surface area contributed by atoms with E-state index in [2.05, 4.69) is 20.4 Å². The van der Waals surface area contributed by atoms with Crippen molar-refractivity contribution in [2.24, 2.45) is 0 Å². The van der Waals surface area contributed by atoms with E-state index >= 15 is 0 Å². The molecule has 1 amide bonds. The molecule has 0 aliphatic rings. The molecule has 0 bridgehead atoms. The topological polar surface area (TPSA) is 91.2 Å². The Balaban J connectivity index is 1.41. The Labute approximate surface area is 179 Å². The van der Waals surface area contributed by atoms with Crippen molar-refractivity contribution in [2.45, 2.75) is 13.3 Å². The maximum Gasteiger partial charge on any atom is 0.228 e. The van der Waals surface area contributed by atoms with Crippen molar-refractivity contribution in [1.29, 1.82) is 0 Å². The second-order valence-corrected chi connectivity index (χ2v) is 6.73. The largest absolute Gasteiger partial charge is 0.496 e. The van der Waals surface area contributed by atoms with Crippen molar-refractivity contribution in [3.63, 3.8) is 0 Å². The lowest BCUT2D eigenvalue weighted by Gasteiger charge is -2.10. The Morgan fingerprint density at radius 2 is 1.87 bits per heavy atom. The third-order valence-corrected chi connectivity index (χ3v) is 4.44. The fourth-order valence-electron chi connectivity index (χ4n) is 3.05. The van der Waals surface area contributed by atoms with Gasteiger partial charge in [-0.05, 0) is 43.3 Å². The van der Waals surface area contributed by atoms with E-state index in [-0.39, 0.29) is 12.3 Å². The highest BCUT2D eigenvalue weighted by molar-refractivity contribution is 5.92. The van der Waals surface area contributed by atoms with Gasteiger partial charge in [0.1, 0.15) is 17.3 Å². The van der Waals surface area contributed by atoms with Gasteiger partial charge < -0.3 is 14.8 Å². The zero-order valence-corrected chi connectivity index (χ0v) is 17.1. The van der Waals surface area contributed by atoms with Crippen LogP contribution in [0.4, 0.5) is 5.69 Å². The molecule has 156 valence electrons. The van der Waals surface area contributed by atoms with E-state index in [1.54, 1.807) is 61.4 Å². The van der Waals surface area contributed by atoms with Crippen LogP contribution in [0.2, 0.25) is 0 Å². The summed E-state index contributed by atoms with van der Waals surface area (Å²) in [5, 5.41) is 7.06. The van der Waals surface area contributed by atoms with Gasteiger partial charge in [0, 0.05) is 29.7 Å². The number of aromatic nitrogens is 4. The number of amides is 1. The van der Waals surface area contributed by atoms with Crippen molar-refractivity contribution < 1.29 is 14.3 Å². The Hall–Kier alpha value is -4.20. The Morgan fingerprint density at radius 3 is 2.61 bits per heavy atom. The van der Waals surface area contributed by atoms with E-state index in [0.29, 0.717) is 34.7 Å². The second kappa shape index (κ2) is 9.08. The normalized spacial score (nSPS) is 10.5. The molecule has 0 fully saturated rings. The molecule has 31 heavy (non-hydrogen) atoms. The second-order valence-electron chi connectivity index (χ2n) is 6.73. The lowest BCUT2D eigenvalue weighted by atomic mass is 10.1. The van der Waals surface area contributed by atoms with Crippen molar-refractivity contribution in [1.82, 2.24) is 19.7 Å². The SMILES string of the molecule is COc1ccccc1CC(=O)Nc1ccc(Oc2cc(-n3cccn3)nc(C)n2)cc1. The Bertz CT molecular complexity index is 1170. The van der Waals surface area contributed by atoms with Crippen LogP contribution >= 0.6 is 0 Å². The monoisotopic (exact) mass is 415 g/mol. The molecule has 0 saturated heterocycles. The third-order valence-electron chi connectivity index (χ3n) is 4.44. The van der Waals surface area contributed by atoms with Crippen LogP contribution in [-0.4, -0.2) is 32.8 Å². The van der Waals surface area contributed by atoms with E-state index in [4.69, 9.17) is 9.47 Å². The Morgan fingerprint density at radius 1 is 1.06 bits per heavy atom. The van der Waals surface area contributed by atoms with Crippen LogP contribution in [0.25, 0.3) is 5.82 Å². The number of benzene rings is 2. The summed E-state index contributed by atoms with van der Waals surface area (Å²) in [5.74, 6) is 2.75. The number of para-hydroxylation sites is 1. The Kier molecular flexibility index (Phi) is 5.89. The maximum atomic E-state index is 12.4. The molecule has 0 unspecified atom stereocenters. The summed E-state index contributed by atoms with van der Waals surface area (Å²) < 4.78 is 12.8. The molecule has 2 aromatic carbocycles. The highest BCUT2D eigenvalue weighted by Crippen LogP contribution is 2.23. The quantitative estimate of drug-likeness (QED) is 0.491. The minimum atomic E-state index is -0.131. The summed E-state index contributed by atoms with van der Waals surface area (Å²) in [6.45, 7) is 1.79. The average Bonchev–Trinajstić information content (AvgIpc) is 3.30. The highest BCUT2D eigenvalue weighted by atomic mass is 16.5. The number of carbonyl (C=O) groups excluding carboxylic acids is 1. The standard InChI is InChI=1S/C23H21N5O3/c1-16-25-21(28-13-5-12-24-28)15-23(26-16)31-19-10-8-18(9-11-19)27-22(29)14-17-6-3-4-7-20(17)30-2/h3-13,15H,14H2,1-2H3,(H,27,29). The van der Waals surface area contributed by atoms with Crippen molar-refractivity contribution in [3.8, 4) is 23.2 Å². The van der Waals surface area contributed by atoms with Gasteiger partial charge in [0.25, 0.3) is 0 Å². The van der Waals surface area contributed by atoms with Crippen LogP contribution in [0.5, 0.6) is 17.4 Å². The molecule has 0 saturated carbocycles. The molecular weight excluding hydrogens is 394 g/mol. The predicted molar refractivity (Wildman–Crippen MR) is 116 cm³/mol. The number of rotatable bonds is 7. The molecule has 8 heteroatoms. The van der Waals surface area contributed by atoms with E-state index in [1.807, 2.05) is 30.3 Å². The van der Waals surface area contributed by atoms with E-state index in [1.165, 1.54) is 0 Å². The molecule has 4 aromatic rings. The first kappa shape index (κ1) is 20.1. The predicted octanol–water partition coefficient (Wildman–Crippen LogP) is 3.95. The summed E-state index contributed by atoms with van der Waals surface area (Å²) in [4.78, 5) is 21.1. The zero-order valence-electron chi connectivity index (χ0n) is 17.1. The number of hydrogen-bond acceptors (Lipinski definition) is 6. The number of ether oxygens (including phenoxy) is 2. The summed E-state index contributed by atoms with van der Waals surface area (Å²) in [6.07, 6.45) is 3.70. The van der Waals surface area contributed by atoms with Gasteiger partial charge in [-0.25, -0.2) is 9.67 Å². The minimum absolute atomic E-state index is 0.131. The molecule has 8 nitrogen and oxygen atoms in total. The minimum Gasteiger partial charge on any atom is -0.496 e. The maximum absolute atomic E-state index is 12.4. The number of methoxy groups -OCH3 is 1. The molecule has 2 aromatic heterocycles. The van der Waals surface area contributed by atoms with Gasteiger partial charge >= 0.3 is 0 Å². The summed E-state index contributed by atoms with van der Waals surface area (Å²) in [5.41, 5.74) is 1.50. The van der Waals surface area contributed by atoms with Crippen LogP contribution in [0.15, 0.2) is 73.1 Å². The van der Waals surface area contributed by atoms with Gasteiger partial charge in [0.2, 0.25) is 11.8 Å². The zero-order chi connectivity index (χ0) is 21.6. The number of nitrogens with one attached hydrogen (secondary N) is 1. The van der Waals surface area contributed by atoms with Gasteiger partial charge in [-0.3, -0.25) is 4.79 Å². The van der Waals surface area contributed by atoms with Gasteiger partial charge in [-0.15, -0.1) is 0 Å². The summed E-state index contributed by atoms with van der Waals surface area (Å²) >= 11 is 0. The van der Waals surface area contributed by atoms with Gasteiger partial charge in [0.15, 0.2) is 5.82 Å². The fraction of sp³-hybridized carbons (Fsp3) is 0.130. The number of hydrogen-bond donors (Lipinski definition) is 1. The van der Waals surface area contributed by atoms with E-state index < -0.39 is 0 Å². The van der Waals surface area contributed by atoms with Gasteiger partial charge in [0.05, 0.1) is 13.5 Å². The lowest BCUT2D eigenvalue weighted by Crippen LogP contribution is -2.14. The first-order valence-corrected chi connectivity index (χ1v) is 9.66. The summed E-state index contributed by atoms with van der Waals surface area (Å²) in [7, 11) is 1.59. The first-order chi connectivity index (χ1) is 15.1. The molecule has 2 heterocycles. The smallest absolute Gasteiger partial charge is 0.228 e. The van der Waals surface area contributed by atoms with E-state index in [9.17, 15) is 4.79 Å². The molecule has 0 spiro atoms. The fourth-order valence-corrected chi connectivity index (χ4v) is 3.05. The van der Waals surface area contributed by atoms with Crippen molar-refractivity contribution in [2.75, 3.05) is 12.4 Å². The molecular formula is C23H21N5O3. The average molecular weight is 415 g/mol. The summed E-state index contributed by atoms with van der Waals surface area (Å²) in [6, 6.07) is 18.1. The van der Waals surface area contributed by atoms with Gasteiger partial charge in [-0.2, -0.15) is 10.1 Å². The number of nitrogens with zero attached hydrogens (tertiary/aromatic N) is 4. The van der Waals surface area contributed by atoms with Crippen molar-refractivity contribution >= 4 is 11.6 Å². The van der Waals surface area contributed by atoms with Crippen LogP contribution in [0, 0.1) is 6.92 Å². The molecule has 0 aliphatic heterocycles. The van der Waals surface area contributed by atoms with Crippen LogP contribution in [0.1, 0.15) is 11.4 Å². The lowest BCUT2D eigenvalue weighted by molar-refractivity contribution is -0.115. The van der Waals surface area contributed by atoms with Crippen LogP contribution in [-0.2, 0) is 11.2 Å². The third kappa shape index (κ3) is 5.05. The molecule has 0 radical (unpaired) electrons. The van der Waals surface area contributed by atoms with Crippen molar-refractivity contribution in [3.05, 3.63) is 84.4 Å². The van der Waals surface area contributed by atoms with Gasteiger partial charge in [-0.1, -0.05) is 18.2 Å². The molecule has 1 N–H and O–H groups in total. The van der Waals surface area contributed by atoms with Crippen LogP contribution < -0.4 is 14.8 Å². The number of anilines is 1. The molecule has 0 atom stereocenters. The van der Waals surface area contributed by atoms with E-state index in [0.717, 1.165) is 5.56 Å². The molecule has 4 rings (SSSR count). The number of carbonyl (C=O) groups is 1. The first-order valence-electron chi connectivity index (χ1n) is 9.66. The number of aryl methyl sites for hydroxylation is 1. The molecule has 0 aliphatic carbocycles. The van der Waals surface area contributed by atoms with Crippen LogP contribution in [0.3, 0.4) is 0 Å². The highest BCUT2D eigenvalue weighted by Gasteiger charge is 2.10.